The number of rotatable bonds is 5. The van der Waals surface area contributed by atoms with Crippen molar-refractivity contribution in [3.05, 3.63) is 30.0 Å². The van der Waals surface area contributed by atoms with Crippen LogP contribution in [-0.4, -0.2) is 47.5 Å². The van der Waals surface area contributed by atoms with Crippen molar-refractivity contribution in [1.82, 2.24) is 10.3 Å². The first-order valence-electron chi connectivity index (χ1n) is 9.95. The van der Waals surface area contributed by atoms with Crippen LogP contribution in [0.3, 0.4) is 0 Å². The molecule has 1 heterocycles. The van der Waals surface area contributed by atoms with Crippen LogP contribution in [0.25, 0.3) is 10.9 Å². The molecular formula is C22H31N3O6. The number of hydrogen-bond donors (Lipinski definition) is 3. The third-order valence-electron chi connectivity index (χ3n) is 4.01. The lowest BCUT2D eigenvalue weighted by molar-refractivity contribution is -0.143. The van der Waals surface area contributed by atoms with E-state index in [0.717, 1.165) is 16.5 Å². The fraction of sp³-hybridized carbons (Fsp3) is 0.500. The molecule has 0 unspecified atom stereocenters. The number of fused-ring (bicyclic) bond motifs is 1. The van der Waals surface area contributed by atoms with Crippen molar-refractivity contribution in [1.29, 1.82) is 0 Å². The number of H-pyrrole nitrogens is 1. The van der Waals surface area contributed by atoms with Crippen LogP contribution >= 0.6 is 0 Å². The first kappa shape index (κ1) is 24.0. The highest BCUT2D eigenvalue weighted by Crippen LogP contribution is 2.24. The van der Waals surface area contributed by atoms with Gasteiger partial charge in [-0.3, -0.25) is 5.32 Å². The first-order valence-corrected chi connectivity index (χ1v) is 9.95. The van der Waals surface area contributed by atoms with Gasteiger partial charge in [-0.15, -0.1) is 0 Å². The van der Waals surface area contributed by atoms with Crippen molar-refractivity contribution in [3.63, 3.8) is 0 Å². The Hall–Kier alpha value is -3.23. The van der Waals surface area contributed by atoms with Crippen LogP contribution in [0.2, 0.25) is 0 Å². The van der Waals surface area contributed by atoms with Gasteiger partial charge in [-0.1, -0.05) is 6.07 Å². The zero-order chi connectivity index (χ0) is 23.4. The molecule has 0 saturated heterocycles. The number of methoxy groups -OCH3 is 1. The Bertz CT molecular complexity index is 952. The number of ether oxygens (including phenoxy) is 3. The number of esters is 1. The van der Waals surface area contributed by atoms with E-state index in [2.05, 4.69) is 15.6 Å². The summed E-state index contributed by atoms with van der Waals surface area (Å²) in [7, 11) is 1.26. The molecule has 0 spiro atoms. The third kappa shape index (κ3) is 7.51. The van der Waals surface area contributed by atoms with E-state index in [1.54, 1.807) is 59.9 Å². The van der Waals surface area contributed by atoms with Gasteiger partial charge in [0, 0.05) is 29.2 Å². The van der Waals surface area contributed by atoms with Crippen LogP contribution in [0, 0.1) is 0 Å². The molecule has 1 aromatic heterocycles. The van der Waals surface area contributed by atoms with Gasteiger partial charge >= 0.3 is 18.2 Å². The number of aromatic nitrogens is 1. The smallest absolute Gasteiger partial charge is 0.412 e. The number of anilines is 1. The lowest BCUT2D eigenvalue weighted by Crippen LogP contribution is -2.45. The zero-order valence-electron chi connectivity index (χ0n) is 19.0. The number of benzene rings is 1. The summed E-state index contributed by atoms with van der Waals surface area (Å²) in [4.78, 5) is 39.4. The predicted molar refractivity (Wildman–Crippen MR) is 117 cm³/mol. The topological polar surface area (TPSA) is 119 Å². The van der Waals surface area contributed by atoms with Gasteiger partial charge in [0.25, 0.3) is 0 Å². The minimum atomic E-state index is -0.918. The van der Waals surface area contributed by atoms with Crippen molar-refractivity contribution in [2.45, 2.75) is 65.2 Å². The second kappa shape index (κ2) is 9.28. The maximum absolute atomic E-state index is 12.2. The SMILES string of the molecule is COC(=O)[C@H](Cc1c[nH]c2cc(NC(=O)OC(C)(C)C)ccc12)NC(=O)OC(C)(C)C. The normalized spacial score (nSPS) is 12.7. The van der Waals surface area contributed by atoms with Gasteiger partial charge in [-0.25, -0.2) is 14.4 Å². The number of hydrogen-bond acceptors (Lipinski definition) is 6. The summed E-state index contributed by atoms with van der Waals surface area (Å²) in [6, 6.07) is 4.39. The number of nitrogens with one attached hydrogen (secondary N) is 3. The second-order valence-corrected chi connectivity index (χ2v) is 9.13. The van der Waals surface area contributed by atoms with Crippen molar-refractivity contribution in [3.8, 4) is 0 Å². The van der Waals surface area contributed by atoms with Gasteiger partial charge in [0.15, 0.2) is 0 Å². The van der Waals surface area contributed by atoms with Crippen LogP contribution < -0.4 is 10.6 Å². The molecule has 0 aliphatic heterocycles. The van der Waals surface area contributed by atoms with Crippen LogP contribution in [0.15, 0.2) is 24.4 Å². The Morgan fingerprint density at radius 3 is 2.19 bits per heavy atom. The maximum atomic E-state index is 12.2. The van der Waals surface area contributed by atoms with E-state index >= 15 is 0 Å². The van der Waals surface area contributed by atoms with E-state index in [0.29, 0.717) is 5.69 Å². The first-order chi connectivity index (χ1) is 14.3. The fourth-order valence-electron chi connectivity index (χ4n) is 2.86. The minimum Gasteiger partial charge on any atom is -0.467 e. The molecule has 170 valence electrons. The summed E-state index contributed by atoms with van der Waals surface area (Å²) in [6.07, 6.45) is 0.692. The van der Waals surface area contributed by atoms with Gasteiger partial charge in [0.05, 0.1) is 7.11 Å². The van der Waals surface area contributed by atoms with Crippen molar-refractivity contribution >= 4 is 34.7 Å². The highest BCUT2D eigenvalue weighted by atomic mass is 16.6. The Kier molecular flexibility index (Phi) is 7.20. The fourth-order valence-corrected chi connectivity index (χ4v) is 2.86. The highest BCUT2D eigenvalue weighted by molar-refractivity contribution is 5.92. The average Bonchev–Trinajstić information content (AvgIpc) is 2.99. The number of amides is 2. The summed E-state index contributed by atoms with van der Waals surface area (Å²) in [5, 5.41) is 6.09. The average molecular weight is 434 g/mol. The van der Waals surface area contributed by atoms with Crippen LogP contribution in [0.4, 0.5) is 15.3 Å². The summed E-state index contributed by atoms with van der Waals surface area (Å²) < 4.78 is 15.3. The van der Waals surface area contributed by atoms with Gasteiger partial charge in [0.2, 0.25) is 0 Å². The number of aromatic amines is 1. The molecule has 0 fully saturated rings. The number of alkyl carbamates (subject to hydrolysis) is 1. The van der Waals surface area contributed by atoms with Crippen molar-refractivity contribution in [2.24, 2.45) is 0 Å². The van der Waals surface area contributed by atoms with E-state index < -0.39 is 35.4 Å². The molecule has 3 N–H and O–H groups in total. The molecule has 1 aromatic carbocycles. The Balaban J connectivity index is 2.16. The van der Waals surface area contributed by atoms with E-state index in [1.807, 2.05) is 6.07 Å². The van der Waals surface area contributed by atoms with Crippen LogP contribution in [0.5, 0.6) is 0 Å². The Morgan fingerprint density at radius 1 is 1.00 bits per heavy atom. The molecule has 0 bridgehead atoms. The molecule has 0 saturated carbocycles. The van der Waals surface area contributed by atoms with E-state index in [-0.39, 0.29) is 6.42 Å². The van der Waals surface area contributed by atoms with Gasteiger partial charge < -0.3 is 24.5 Å². The lowest BCUT2D eigenvalue weighted by atomic mass is 10.0. The molecule has 9 heteroatoms. The molecule has 1 atom stereocenters. The summed E-state index contributed by atoms with van der Waals surface area (Å²) in [5.41, 5.74) is 0.822. The molecule has 0 radical (unpaired) electrons. The number of carbonyl (C=O) groups excluding carboxylic acids is 3. The standard InChI is InChI=1S/C22H31N3O6/c1-21(2,3)30-19(27)24-14-8-9-15-13(12-23-16(15)11-14)10-17(18(26)29-7)25-20(28)31-22(4,5)6/h8-9,11-12,17,23H,10H2,1-7H3,(H,24,27)(H,25,28)/t17-/m0/s1. The van der Waals surface area contributed by atoms with Crippen molar-refractivity contribution in [2.75, 3.05) is 12.4 Å². The van der Waals surface area contributed by atoms with E-state index in [4.69, 9.17) is 14.2 Å². The molecular weight excluding hydrogens is 402 g/mol. The molecule has 2 amide bonds. The van der Waals surface area contributed by atoms with Crippen LogP contribution in [0.1, 0.15) is 47.1 Å². The van der Waals surface area contributed by atoms with Gasteiger partial charge in [0.1, 0.15) is 17.2 Å². The summed E-state index contributed by atoms with van der Waals surface area (Å²) in [5.74, 6) is -0.580. The molecule has 0 aliphatic rings. The molecule has 2 rings (SSSR count). The minimum absolute atomic E-state index is 0.199. The Labute approximate surface area is 181 Å². The maximum Gasteiger partial charge on any atom is 0.412 e. The van der Waals surface area contributed by atoms with Gasteiger partial charge in [-0.05, 0) is 59.2 Å². The molecule has 31 heavy (non-hydrogen) atoms. The highest BCUT2D eigenvalue weighted by Gasteiger charge is 2.26. The zero-order valence-corrected chi connectivity index (χ0v) is 19.0. The summed E-state index contributed by atoms with van der Waals surface area (Å²) in [6.45, 7) is 10.6. The molecule has 9 nitrogen and oxygen atoms in total. The lowest BCUT2D eigenvalue weighted by Gasteiger charge is -2.22. The Morgan fingerprint density at radius 2 is 1.61 bits per heavy atom. The van der Waals surface area contributed by atoms with Crippen LogP contribution in [-0.2, 0) is 25.4 Å². The summed E-state index contributed by atoms with van der Waals surface area (Å²) >= 11 is 0. The van der Waals surface area contributed by atoms with Crippen molar-refractivity contribution < 1.29 is 28.6 Å². The molecule has 2 aromatic rings. The third-order valence-corrected chi connectivity index (χ3v) is 4.01. The van der Waals surface area contributed by atoms with E-state index in [1.165, 1.54) is 7.11 Å². The second-order valence-electron chi connectivity index (χ2n) is 9.13. The number of carbonyl (C=O) groups is 3. The molecule has 0 aliphatic carbocycles. The largest absolute Gasteiger partial charge is 0.467 e. The quantitative estimate of drug-likeness (QED) is 0.482. The monoisotopic (exact) mass is 433 g/mol. The predicted octanol–water partition coefficient (Wildman–Crippen LogP) is 4.12. The van der Waals surface area contributed by atoms with E-state index in [9.17, 15) is 14.4 Å². The van der Waals surface area contributed by atoms with Gasteiger partial charge in [-0.2, -0.15) is 0 Å².